The Balaban J connectivity index is 2.14. The first-order valence-corrected chi connectivity index (χ1v) is 6.44. The fourth-order valence-electron chi connectivity index (χ4n) is 2.38. The van der Waals surface area contributed by atoms with Gasteiger partial charge in [-0.25, -0.2) is 4.79 Å². The summed E-state index contributed by atoms with van der Waals surface area (Å²) in [7, 11) is 0. The molecule has 1 aromatic heterocycles. The first-order valence-electron chi connectivity index (χ1n) is 6.44. The third-order valence-corrected chi connectivity index (χ3v) is 3.47. The van der Waals surface area contributed by atoms with Crippen molar-refractivity contribution in [1.29, 1.82) is 0 Å². The molecular weight excluding hydrogens is 268 g/mol. The number of nitrogen functional groups attached to an aromatic ring is 1. The van der Waals surface area contributed by atoms with Gasteiger partial charge in [-0.3, -0.25) is 0 Å². The maximum Gasteiger partial charge on any atom is 0.335 e. The first kappa shape index (κ1) is 13.2. The molecule has 0 aliphatic heterocycles. The molecule has 5 nitrogen and oxygen atoms in total. The number of carboxylic acid groups (broad SMARTS) is 1. The van der Waals surface area contributed by atoms with Crippen LogP contribution in [0, 0.1) is 0 Å². The van der Waals surface area contributed by atoms with E-state index in [9.17, 15) is 9.90 Å². The quantitative estimate of drug-likeness (QED) is 0.688. The molecule has 0 saturated heterocycles. The summed E-state index contributed by atoms with van der Waals surface area (Å²) < 4.78 is 1.90. The van der Waals surface area contributed by atoms with Crippen molar-refractivity contribution >= 4 is 22.6 Å². The van der Waals surface area contributed by atoms with Crippen molar-refractivity contribution in [3.8, 4) is 5.69 Å². The highest BCUT2D eigenvalue weighted by Gasteiger charge is 2.09. The number of nitrogens with zero attached hydrogens (tertiary/aromatic N) is 1. The fourth-order valence-corrected chi connectivity index (χ4v) is 2.38. The van der Waals surface area contributed by atoms with Crippen LogP contribution < -0.4 is 5.73 Å². The van der Waals surface area contributed by atoms with Crippen molar-refractivity contribution in [1.82, 2.24) is 4.57 Å². The molecule has 3 aromatic rings. The normalized spacial score (nSPS) is 10.9. The number of rotatable bonds is 3. The minimum absolute atomic E-state index is 0.0339. The second-order valence-electron chi connectivity index (χ2n) is 4.82. The van der Waals surface area contributed by atoms with E-state index in [1.807, 2.05) is 22.8 Å². The summed E-state index contributed by atoms with van der Waals surface area (Å²) in [6.07, 6.45) is 1.79. The number of aliphatic hydroxyl groups excluding tert-OH is 1. The molecule has 0 saturated carbocycles. The molecule has 21 heavy (non-hydrogen) atoms. The molecule has 0 amide bonds. The number of nitrogens with two attached hydrogens (primary N) is 1. The molecule has 0 unspecified atom stereocenters. The van der Waals surface area contributed by atoms with Crippen LogP contribution in [0.2, 0.25) is 0 Å². The van der Waals surface area contributed by atoms with Crippen LogP contribution in [0.15, 0.2) is 48.7 Å². The van der Waals surface area contributed by atoms with Crippen molar-refractivity contribution in [2.45, 2.75) is 6.61 Å². The van der Waals surface area contributed by atoms with Crippen molar-refractivity contribution in [3.05, 3.63) is 59.8 Å². The van der Waals surface area contributed by atoms with Gasteiger partial charge in [0.1, 0.15) is 0 Å². The van der Waals surface area contributed by atoms with E-state index in [0.717, 1.165) is 22.2 Å². The predicted octanol–water partition coefficient (Wildman–Crippen LogP) is 2.40. The van der Waals surface area contributed by atoms with Crippen molar-refractivity contribution < 1.29 is 15.0 Å². The number of anilines is 1. The summed E-state index contributed by atoms with van der Waals surface area (Å²) in [6, 6.07) is 12.2. The second kappa shape index (κ2) is 4.96. The van der Waals surface area contributed by atoms with Gasteiger partial charge < -0.3 is 20.5 Å². The number of fused-ring (bicyclic) bond motifs is 1. The van der Waals surface area contributed by atoms with Gasteiger partial charge in [0.15, 0.2) is 0 Å². The zero-order chi connectivity index (χ0) is 15.0. The average molecular weight is 282 g/mol. The van der Waals surface area contributed by atoms with Gasteiger partial charge in [0.05, 0.1) is 23.4 Å². The SMILES string of the molecule is Nc1cn(-c2ccc(C(=O)O)cc2)c2ccc(CO)cc12. The van der Waals surface area contributed by atoms with Crippen LogP contribution in [0.3, 0.4) is 0 Å². The van der Waals surface area contributed by atoms with Crippen molar-refractivity contribution in [2.75, 3.05) is 5.73 Å². The summed E-state index contributed by atoms with van der Waals surface area (Å²) in [6.45, 7) is -0.0339. The molecule has 0 bridgehead atoms. The topological polar surface area (TPSA) is 88.5 Å². The lowest BCUT2D eigenvalue weighted by molar-refractivity contribution is 0.0697. The lowest BCUT2D eigenvalue weighted by Crippen LogP contribution is -1.97. The van der Waals surface area contributed by atoms with E-state index in [2.05, 4.69) is 0 Å². The predicted molar refractivity (Wildman–Crippen MR) is 80.6 cm³/mol. The zero-order valence-electron chi connectivity index (χ0n) is 11.2. The third kappa shape index (κ3) is 2.23. The highest BCUT2D eigenvalue weighted by atomic mass is 16.4. The van der Waals surface area contributed by atoms with E-state index in [4.69, 9.17) is 10.8 Å². The van der Waals surface area contributed by atoms with Gasteiger partial charge >= 0.3 is 5.97 Å². The first-order chi connectivity index (χ1) is 10.1. The molecule has 106 valence electrons. The average Bonchev–Trinajstić information content (AvgIpc) is 2.84. The van der Waals surface area contributed by atoms with Crippen LogP contribution in [-0.2, 0) is 6.61 Å². The van der Waals surface area contributed by atoms with Crippen LogP contribution in [0.4, 0.5) is 5.69 Å². The van der Waals surface area contributed by atoms with Gasteiger partial charge in [0.2, 0.25) is 0 Å². The number of carboxylic acids is 1. The van der Waals surface area contributed by atoms with Gasteiger partial charge in [0.25, 0.3) is 0 Å². The van der Waals surface area contributed by atoms with E-state index < -0.39 is 5.97 Å². The molecule has 2 aromatic carbocycles. The Morgan fingerprint density at radius 3 is 2.48 bits per heavy atom. The number of hydrogen-bond acceptors (Lipinski definition) is 3. The lowest BCUT2D eigenvalue weighted by atomic mass is 10.1. The van der Waals surface area contributed by atoms with Crippen LogP contribution in [0.25, 0.3) is 16.6 Å². The summed E-state index contributed by atoms with van der Waals surface area (Å²) >= 11 is 0. The minimum atomic E-state index is -0.953. The van der Waals surface area contributed by atoms with Gasteiger partial charge in [-0.1, -0.05) is 6.07 Å². The number of carbonyl (C=O) groups is 1. The largest absolute Gasteiger partial charge is 0.478 e. The number of benzene rings is 2. The number of aromatic nitrogens is 1. The third-order valence-electron chi connectivity index (χ3n) is 3.47. The van der Waals surface area contributed by atoms with Crippen LogP contribution in [-0.4, -0.2) is 20.7 Å². The maximum atomic E-state index is 10.9. The highest BCUT2D eigenvalue weighted by molar-refractivity contribution is 5.94. The monoisotopic (exact) mass is 282 g/mol. The molecule has 4 N–H and O–H groups in total. The lowest BCUT2D eigenvalue weighted by Gasteiger charge is -2.06. The van der Waals surface area contributed by atoms with Crippen LogP contribution >= 0.6 is 0 Å². The Morgan fingerprint density at radius 1 is 1.14 bits per heavy atom. The maximum absolute atomic E-state index is 10.9. The van der Waals surface area contributed by atoms with Crippen LogP contribution in [0.1, 0.15) is 15.9 Å². The van der Waals surface area contributed by atoms with Gasteiger partial charge in [-0.15, -0.1) is 0 Å². The molecule has 0 spiro atoms. The Kier molecular flexibility index (Phi) is 3.12. The molecule has 0 atom stereocenters. The molecule has 0 aliphatic carbocycles. The minimum Gasteiger partial charge on any atom is -0.478 e. The van der Waals surface area contributed by atoms with Gasteiger partial charge in [0, 0.05) is 17.3 Å². The van der Waals surface area contributed by atoms with E-state index in [-0.39, 0.29) is 12.2 Å². The molecule has 3 rings (SSSR count). The molecule has 5 heteroatoms. The fraction of sp³-hybridized carbons (Fsp3) is 0.0625. The molecule has 0 radical (unpaired) electrons. The molecular formula is C16H14N2O3. The Bertz CT molecular complexity index is 819. The summed E-state index contributed by atoms with van der Waals surface area (Å²) in [5, 5.41) is 19.0. The highest BCUT2D eigenvalue weighted by Crippen LogP contribution is 2.27. The smallest absolute Gasteiger partial charge is 0.335 e. The Labute approximate surface area is 120 Å². The van der Waals surface area contributed by atoms with Gasteiger partial charge in [-0.05, 0) is 42.0 Å². The van der Waals surface area contributed by atoms with E-state index >= 15 is 0 Å². The van der Waals surface area contributed by atoms with Gasteiger partial charge in [-0.2, -0.15) is 0 Å². The number of aliphatic hydroxyl groups is 1. The second-order valence-corrected chi connectivity index (χ2v) is 4.82. The molecule has 0 aliphatic rings. The van der Waals surface area contributed by atoms with E-state index in [1.54, 1.807) is 30.5 Å². The summed E-state index contributed by atoms with van der Waals surface area (Å²) in [5.74, 6) is -0.953. The van der Waals surface area contributed by atoms with E-state index in [1.165, 1.54) is 0 Å². The summed E-state index contributed by atoms with van der Waals surface area (Å²) in [5.41, 5.74) is 9.42. The number of hydrogen-bond donors (Lipinski definition) is 3. The van der Waals surface area contributed by atoms with Crippen LogP contribution in [0.5, 0.6) is 0 Å². The summed E-state index contributed by atoms with van der Waals surface area (Å²) in [4.78, 5) is 10.9. The van der Waals surface area contributed by atoms with Crippen molar-refractivity contribution in [2.24, 2.45) is 0 Å². The Morgan fingerprint density at radius 2 is 1.86 bits per heavy atom. The standard InChI is InChI=1S/C16H14N2O3/c17-14-8-18(12-4-2-11(3-5-12)16(20)21)15-6-1-10(9-19)7-13(14)15/h1-8,19H,9,17H2,(H,20,21). The zero-order valence-corrected chi connectivity index (χ0v) is 11.2. The van der Waals surface area contributed by atoms with Crippen molar-refractivity contribution in [3.63, 3.8) is 0 Å². The number of aromatic carboxylic acids is 1. The molecule has 1 heterocycles. The van der Waals surface area contributed by atoms with E-state index in [0.29, 0.717) is 5.69 Å². The Hall–Kier alpha value is -2.79. The molecule has 0 fully saturated rings.